The molecular formula is C21H20ClN3O3. The molecule has 6 nitrogen and oxygen atoms in total. The molecule has 3 aromatic rings. The first-order valence-corrected chi connectivity index (χ1v) is 9.26. The number of halogens is 1. The van der Waals surface area contributed by atoms with Crippen LogP contribution in [-0.2, 0) is 4.79 Å². The molecule has 0 aliphatic carbocycles. The van der Waals surface area contributed by atoms with Gasteiger partial charge >= 0.3 is 0 Å². The van der Waals surface area contributed by atoms with Gasteiger partial charge in [-0.1, -0.05) is 11.6 Å². The van der Waals surface area contributed by atoms with Crippen LogP contribution in [0.3, 0.4) is 0 Å². The summed E-state index contributed by atoms with van der Waals surface area (Å²) in [5, 5.41) is 7.83. The number of ether oxygens (including phenoxy) is 1. The quantitative estimate of drug-likeness (QED) is 0.425. The first-order chi connectivity index (χ1) is 13.7. The Kier molecular flexibility index (Phi) is 6.81. The third-order valence-electron chi connectivity index (χ3n) is 4.08. The number of aromatic nitrogens is 1. The smallest absolute Gasteiger partial charge is 0.257 e. The van der Waals surface area contributed by atoms with Gasteiger partial charge in [0.2, 0.25) is 0 Å². The monoisotopic (exact) mass is 397 g/mol. The van der Waals surface area contributed by atoms with E-state index in [4.69, 9.17) is 16.3 Å². The predicted molar refractivity (Wildman–Crippen MR) is 110 cm³/mol. The molecule has 0 unspecified atom stereocenters. The van der Waals surface area contributed by atoms with E-state index in [9.17, 15) is 9.59 Å². The van der Waals surface area contributed by atoms with E-state index in [0.29, 0.717) is 29.4 Å². The Bertz CT molecular complexity index is 961. The Labute approximate surface area is 167 Å². The van der Waals surface area contributed by atoms with Gasteiger partial charge in [-0.25, -0.2) is 0 Å². The molecular weight excluding hydrogens is 378 g/mol. The zero-order valence-corrected chi connectivity index (χ0v) is 15.9. The number of hydrogen-bond acceptors (Lipinski definition) is 5. The molecule has 0 bridgehead atoms. The first kappa shape index (κ1) is 19.6. The number of nitrogens with zero attached hydrogens (tertiary/aromatic N) is 1. The lowest BCUT2D eigenvalue weighted by atomic mass is 10.2. The number of hydrogen-bond donors (Lipinski definition) is 2. The second-order valence-corrected chi connectivity index (χ2v) is 6.56. The van der Waals surface area contributed by atoms with Gasteiger partial charge in [0, 0.05) is 40.9 Å². The average molecular weight is 398 g/mol. The number of carbonyl (C=O) groups is 2. The third-order valence-corrected chi connectivity index (χ3v) is 4.32. The summed E-state index contributed by atoms with van der Waals surface area (Å²) in [7, 11) is 0. The van der Waals surface area contributed by atoms with E-state index < -0.39 is 0 Å². The van der Waals surface area contributed by atoms with E-state index in [0.717, 1.165) is 29.3 Å². The van der Waals surface area contributed by atoms with Gasteiger partial charge in [0.1, 0.15) is 12.0 Å². The van der Waals surface area contributed by atoms with Crippen molar-refractivity contribution in [2.45, 2.75) is 6.42 Å². The van der Waals surface area contributed by atoms with Crippen molar-refractivity contribution in [1.29, 1.82) is 0 Å². The number of pyridine rings is 1. The lowest BCUT2D eigenvalue weighted by Crippen LogP contribution is -2.30. The number of amides is 1. The normalized spacial score (nSPS) is 10.5. The Hall–Kier alpha value is -3.12. The Morgan fingerprint density at radius 2 is 1.93 bits per heavy atom. The van der Waals surface area contributed by atoms with Gasteiger partial charge in [-0.2, -0.15) is 0 Å². The molecule has 7 heteroatoms. The van der Waals surface area contributed by atoms with Gasteiger partial charge in [0.15, 0.2) is 6.61 Å². The van der Waals surface area contributed by atoms with E-state index in [1.807, 2.05) is 24.3 Å². The fourth-order valence-electron chi connectivity index (χ4n) is 2.66. The van der Waals surface area contributed by atoms with Crippen molar-refractivity contribution in [3.63, 3.8) is 0 Å². The highest BCUT2D eigenvalue weighted by Crippen LogP contribution is 2.24. The summed E-state index contributed by atoms with van der Waals surface area (Å²) in [6, 6.07) is 14.1. The molecule has 1 heterocycles. The predicted octanol–water partition coefficient (Wildman–Crippen LogP) is 3.70. The molecule has 2 aromatic carbocycles. The van der Waals surface area contributed by atoms with Crippen molar-refractivity contribution in [2.75, 3.05) is 25.0 Å². The van der Waals surface area contributed by atoms with Crippen LogP contribution in [0.15, 0.2) is 54.7 Å². The van der Waals surface area contributed by atoms with Crippen molar-refractivity contribution in [1.82, 2.24) is 10.3 Å². The van der Waals surface area contributed by atoms with Crippen LogP contribution in [0.2, 0.25) is 5.02 Å². The zero-order chi connectivity index (χ0) is 19.8. The fourth-order valence-corrected chi connectivity index (χ4v) is 2.82. The number of benzene rings is 2. The molecule has 0 saturated heterocycles. The maximum Gasteiger partial charge on any atom is 0.257 e. The van der Waals surface area contributed by atoms with Crippen molar-refractivity contribution < 1.29 is 14.3 Å². The second-order valence-electron chi connectivity index (χ2n) is 6.13. The average Bonchev–Trinajstić information content (AvgIpc) is 2.72. The van der Waals surface area contributed by atoms with Crippen LogP contribution in [0, 0.1) is 0 Å². The van der Waals surface area contributed by atoms with Crippen LogP contribution in [0.25, 0.3) is 10.9 Å². The highest BCUT2D eigenvalue weighted by atomic mass is 35.5. The topological polar surface area (TPSA) is 80.3 Å². The SMILES string of the molecule is O=Cc1ccc(OCC(=O)NCCCNc2ccnc3cc(Cl)ccc23)cc1. The largest absolute Gasteiger partial charge is 0.484 e. The number of aldehydes is 1. The second kappa shape index (κ2) is 9.71. The lowest BCUT2D eigenvalue weighted by Gasteiger charge is -2.10. The molecule has 28 heavy (non-hydrogen) atoms. The number of nitrogens with one attached hydrogen (secondary N) is 2. The van der Waals surface area contributed by atoms with Gasteiger partial charge in [0.25, 0.3) is 5.91 Å². The standard InChI is InChI=1S/C21H20ClN3O3/c22-16-4-7-18-19(8-11-24-20(18)12-16)23-9-1-10-25-21(27)14-28-17-5-2-15(13-26)3-6-17/h2-8,11-13H,1,9-10,14H2,(H,23,24)(H,25,27). The van der Waals surface area contributed by atoms with Crippen LogP contribution in [0.4, 0.5) is 5.69 Å². The van der Waals surface area contributed by atoms with Crippen LogP contribution < -0.4 is 15.4 Å². The van der Waals surface area contributed by atoms with Crippen LogP contribution in [-0.4, -0.2) is 36.9 Å². The summed E-state index contributed by atoms with van der Waals surface area (Å²) in [6.07, 6.45) is 3.26. The molecule has 0 radical (unpaired) electrons. The fraction of sp³-hybridized carbons (Fsp3) is 0.190. The van der Waals surface area contributed by atoms with Crippen LogP contribution in [0.5, 0.6) is 5.75 Å². The summed E-state index contributed by atoms with van der Waals surface area (Å²) in [5.41, 5.74) is 2.38. The van der Waals surface area contributed by atoms with Gasteiger partial charge in [-0.15, -0.1) is 0 Å². The molecule has 3 rings (SSSR count). The molecule has 144 valence electrons. The summed E-state index contributed by atoms with van der Waals surface area (Å²) >= 11 is 6.00. The van der Waals surface area contributed by atoms with E-state index in [1.54, 1.807) is 30.5 Å². The van der Waals surface area contributed by atoms with Gasteiger partial charge in [0.05, 0.1) is 5.52 Å². The summed E-state index contributed by atoms with van der Waals surface area (Å²) in [6.45, 7) is 1.17. The lowest BCUT2D eigenvalue weighted by molar-refractivity contribution is -0.123. The first-order valence-electron chi connectivity index (χ1n) is 8.88. The molecule has 1 amide bonds. The molecule has 2 N–H and O–H groups in total. The summed E-state index contributed by atoms with van der Waals surface area (Å²) in [5.74, 6) is 0.357. The van der Waals surface area contributed by atoms with Gasteiger partial charge in [-0.3, -0.25) is 14.6 Å². The molecule has 0 spiro atoms. The van der Waals surface area contributed by atoms with E-state index in [1.165, 1.54) is 0 Å². The van der Waals surface area contributed by atoms with Crippen LogP contribution in [0.1, 0.15) is 16.8 Å². The minimum Gasteiger partial charge on any atom is -0.484 e. The summed E-state index contributed by atoms with van der Waals surface area (Å²) < 4.78 is 5.39. The van der Waals surface area contributed by atoms with E-state index in [2.05, 4.69) is 15.6 Å². The Balaban J connectivity index is 1.37. The molecule has 0 saturated carbocycles. The molecule has 0 atom stereocenters. The minimum atomic E-state index is -0.191. The Morgan fingerprint density at radius 1 is 1.11 bits per heavy atom. The highest BCUT2D eigenvalue weighted by Gasteiger charge is 2.04. The molecule has 0 aliphatic heterocycles. The number of fused-ring (bicyclic) bond motifs is 1. The van der Waals surface area contributed by atoms with Crippen molar-refractivity contribution in [3.8, 4) is 5.75 Å². The van der Waals surface area contributed by atoms with Crippen LogP contribution >= 0.6 is 11.6 Å². The molecule has 0 aliphatic rings. The number of carbonyl (C=O) groups excluding carboxylic acids is 2. The minimum absolute atomic E-state index is 0.0659. The summed E-state index contributed by atoms with van der Waals surface area (Å²) in [4.78, 5) is 26.8. The van der Waals surface area contributed by atoms with Crippen molar-refractivity contribution in [2.24, 2.45) is 0 Å². The van der Waals surface area contributed by atoms with Gasteiger partial charge in [-0.05, 0) is 55.0 Å². The number of rotatable bonds is 9. The van der Waals surface area contributed by atoms with E-state index in [-0.39, 0.29) is 12.5 Å². The Morgan fingerprint density at radius 3 is 2.71 bits per heavy atom. The van der Waals surface area contributed by atoms with Gasteiger partial charge < -0.3 is 15.4 Å². The van der Waals surface area contributed by atoms with Crippen molar-refractivity contribution in [3.05, 3.63) is 65.3 Å². The third kappa shape index (κ3) is 5.44. The van der Waals surface area contributed by atoms with Crippen molar-refractivity contribution >= 4 is 40.4 Å². The molecule has 0 fully saturated rings. The zero-order valence-electron chi connectivity index (χ0n) is 15.2. The number of anilines is 1. The maximum absolute atomic E-state index is 11.8. The maximum atomic E-state index is 11.8. The molecule has 1 aromatic heterocycles. The highest BCUT2D eigenvalue weighted by molar-refractivity contribution is 6.31. The van der Waals surface area contributed by atoms with E-state index >= 15 is 0 Å².